The summed E-state index contributed by atoms with van der Waals surface area (Å²) in [5.41, 5.74) is 0. The molecule has 2 unspecified atom stereocenters. The van der Waals surface area contributed by atoms with Crippen molar-refractivity contribution in [2.75, 3.05) is 13.6 Å². The van der Waals surface area contributed by atoms with Gasteiger partial charge in [0.05, 0.1) is 0 Å². The molecule has 3 heteroatoms. The van der Waals surface area contributed by atoms with Gasteiger partial charge in [-0.25, -0.2) is 0 Å². The zero-order valence-corrected chi connectivity index (χ0v) is 11.6. The molecule has 1 rings (SSSR count). The second-order valence-electron chi connectivity index (χ2n) is 5.64. The molecule has 1 amide bonds. The van der Waals surface area contributed by atoms with E-state index in [1.54, 1.807) is 0 Å². The van der Waals surface area contributed by atoms with E-state index in [1.165, 1.54) is 25.7 Å². The van der Waals surface area contributed by atoms with Crippen molar-refractivity contribution in [1.82, 2.24) is 10.6 Å². The summed E-state index contributed by atoms with van der Waals surface area (Å²) in [6, 6.07) is 0.429. The van der Waals surface area contributed by atoms with E-state index in [0.717, 1.165) is 24.8 Å². The second-order valence-corrected chi connectivity index (χ2v) is 5.64. The van der Waals surface area contributed by atoms with Gasteiger partial charge in [0, 0.05) is 12.5 Å². The fraction of sp³-hybridized carbons (Fsp3) is 0.929. The molecule has 0 heterocycles. The van der Waals surface area contributed by atoms with Crippen LogP contribution in [-0.2, 0) is 4.79 Å². The van der Waals surface area contributed by atoms with Gasteiger partial charge in [-0.15, -0.1) is 0 Å². The van der Waals surface area contributed by atoms with E-state index in [4.69, 9.17) is 0 Å². The average Bonchev–Trinajstić information content (AvgIpc) is 2.29. The molecular weight excluding hydrogens is 212 g/mol. The van der Waals surface area contributed by atoms with E-state index < -0.39 is 0 Å². The molecule has 17 heavy (non-hydrogen) atoms. The summed E-state index contributed by atoms with van der Waals surface area (Å²) >= 11 is 0. The average molecular weight is 240 g/mol. The van der Waals surface area contributed by atoms with Gasteiger partial charge in [-0.1, -0.05) is 26.7 Å². The van der Waals surface area contributed by atoms with E-state index in [2.05, 4.69) is 24.5 Å². The van der Waals surface area contributed by atoms with E-state index >= 15 is 0 Å². The molecule has 1 aliphatic rings. The first-order valence-corrected chi connectivity index (χ1v) is 7.07. The molecule has 0 spiro atoms. The Morgan fingerprint density at radius 3 is 2.76 bits per heavy atom. The van der Waals surface area contributed by atoms with Crippen LogP contribution in [0.25, 0.3) is 0 Å². The second kappa shape index (κ2) is 7.70. The van der Waals surface area contributed by atoms with Crippen molar-refractivity contribution in [2.24, 2.45) is 11.8 Å². The highest BCUT2D eigenvalue weighted by Gasteiger charge is 2.24. The lowest BCUT2D eigenvalue weighted by Crippen LogP contribution is -2.39. The fourth-order valence-electron chi connectivity index (χ4n) is 2.69. The van der Waals surface area contributed by atoms with Crippen LogP contribution in [0.3, 0.4) is 0 Å². The molecule has 0 aromatic carbocycles. The van der Waals surface area contributed by atoms with Gasteiger partial charge in [0.1, 0.15) is 0 Å². The van der Waals surface area contributed by atoms with Crippen molar-refractivity contribution in [3.8, 4) is 0 Å². The summed E-state index contributed by atoms with van der Waals surface area (Å²) in [5.74, 6) is 1.78. The Labute approximate surface area is 106 Å². The molecule has 0 saturated heterocycles. The van der Waals surface area contributed by atoms with Gasteiger partial charge in [-0.2, -0.15) is 0 Å². The molecule has 1 aliphatic carbocycles. The Morgan fingerprint density at radius 1 is 1.35 bits per heavy atom. The van der Waals surface area contributed by atoms with Gasteiger partial charge in [-0.3, -0.25) is 4.79 Å². The number of amides is 1. The van der Waals surface area contributed by atoms with Crippen molar-refractivity contribution < 1.29 is 4.79 Å². The number of carbonyl (C=O) groups is 1. The van der Waals surface area contributed by atoms with Gasteiger partial charge < -0.3 is 10.6 Å². The number of carbonyl (C=O) groups excluding carboxylic acids is 1. The Balaban J connectivity index is 2.23. The smallest absolute Gasteiger partial charge is 0.220 e. The van der Waals surface area contributed by atoms with Crippen LogP contribution in [-0.4, -0.2) is 25.5 Å². The minimum atomic E-state index is 0.231. The predicted octanol–water partition coefficient (Wildman–Crippen LogP) is 2.32. The SMILES string of the molecule is CNCCCC(=O)NC1CCCC(C(C)C)C1. The predicted molar refractivity (Wildman–Crippen MR) is 71.9 cm³/mol. The molecule has 0 aromatic rings. The molecule has 0 aromatic heterocycles. The maximum Gasteiger partial charge on any atom is 0.220 e. The first-order valence-electron chi connectivity index (χ1n) is 7.07. The van der Waals surface area contributed by atoms with Crippen LogP contribution in [0, 0.1) is 11.8 Å². The monoisotopic (exact) mass is 240 g/mol. The number of rotatable bonds is 6. The first-order chi connectivity index (χ1) is 8.13. The van der Waals surface area contributed by atoms with Gasteiger partial charge in [0.25, 0.3) is 0 Å². The molecule has 1 fully saturated rings. The third-order valence-electron chi connectivity index (χ3n) is 3.85. The summed E-state index contributed by atoms with van der Waals surface area (Å²) in [6.45, 7) is 5.51. The molecule has 0 radical (unpaired) electrons. The Kier molecular flexibility index (Phi) is 6.56. The van der Waals surface area contributed by atoms with Crippen molar-refractivity contribution in [1.29, 1.82) is 0 Å². The van der Waals surface area contributed by atoms with Gasteiger partial charge in [0.2, 0.25) is 5.91 Å². The number of hydrogen-bond acceptors (Lipinski definition) is 2. The normalized spacial score (nSPS) is 24.9. The molecule has 2 N–H and O–H groups in total. The molecule has 100 valence electrons. The molecule has 0 bridgehead atoms. The van der Waals surface area contributed by atoms with E-state index in [0.29, 0.717) is 12.5 Å². The standard InChI is InChI=1S/C14H28N2O/c1-11(2)12-6-4-7-13(10-12)16-14(17)8-5-9-15-3/h11-13,15H,4-10H2,1-3H3,(H,16,17). The zero-order chi connectivity index (χ0) is 12.7. The highest BCUT2D eigenvalue weighted by Crippen LogP contribution is 2.29. The lowest BCUT2D eigenvalue weighted by atomic mass is 9.79. The molecule has 3 nitrogen and oxygen atoms in total. The van der Waals surface area contributed by atoms with E-state index in [9.17, 15) is 4.79 Å². The quantitative estimate of drug-likeness (QED) is 0.700. The zero-order valence-electron chi connectivity index (χ0n) is 11.6. The molecule has 1 saturated carbocycles. The van der Waals surface area contributed by atoms with Crippen molar-refractivity contribution in [2.45, 2.75) is 58.4 Å². The third kappa shape index (κ3) is 5.53. The van der Waals surface area contributed by atoms with Crippen LogP contribution in [0.2, 0.25) is 0 Å². The Hall–Kier alpha value is -0.570. The van der Waals surface area contributed by atoms with Crippen LogP contribution in [0.1, 0.15) is 52.4 Å². The lowest BCUT2D eigenvalue weighted by molar-refractivity contribution is -0.122. The fourth-order valence-corrected chi connectivity index (χ4v) is 2.69. The summed E-state index contributed by atoms with van der Waals surface area (Å²) in [7, 11) is 1.92. The van der Waals surface area contributed by atoms with E-state index in [1.807, 2.05) is 7.05 Å². The Morgan fingerprint density at radius 2 is 2.12 bits per heavy atom. The van der Waals surface area contributed by atoms with Crippen LogP contribution in [0.5, 0.6) is 0 Å². The van der Waals surface area contributed by atoms with Crippen molar-refractivity contribution in [3.05, 3.63) is 0 Å². The minimum absolute atomic E-state index is 0.231. The number of nitrogens with one attached hydrogen (secondary N) is 2. The summed E-state index contributed by atoms with van der Waals surface area (Å²) in [6.07, 6.45) is 6.54. The van der Waals surface area contributed by atoms with Gasteiger partial charge in [-0.05, 0) is 44.7 Å². The Bertz CT molecular complexity index is 228. The van der Waals surface area contributed by atoms with E-state index in [-0.39, 0.29) is 5.91 Å². The topological polar surface area (TPSA) is 41.1 Å². The maximum atomic E-state index is 11.7. The van der Waals surface area contributed by atoms with Crippen LogP contribution in [0.4, 0.5) is 0 Å². The van der Waals surface area contributed by atoms with Crippen molar-refractivity contribution >= 4 is 5.91 Å². The van der Waals surface area contributed by atoms with Gasteiger partial charge in [0.15, 0.2) is 0 Å². The number of hydrogen-bond donors (Lipinski definition) is 2. The summed E-state index contributed by atoms with van der Waals surface area (Å²) in [5, 5.41) is 6.26. The van der Waals surface area contributed by atoms with Crippen molar-refractivity contribution in [3.63, 3.8) is 0 Å². The van der Waals surface area contributed by atoms with Crippen LogP contribution < -0.4 is 10.6 Å². The highest BCUT2D eigenvalue weighted by molar-refractivity contribution is 5.76. The first kappa shape index (κ1) is 14.5. The molecule has 0 aliphatic heterocycles. The van der Waals surface area contributed by atoms with Gasteiger partial charge >= 0.3 is 0 Å². The summed E-state index contributed by atoms with van der Waals surface area (Å²) < 4.78 is 0. The lowest BCUT2D eigenvalue weighted by Gasteiger charge is -2.32. The third-order valence-corrected chi connectivity index (χ3v) is 3.85. The molecule has 2 atom stereocenters. The van der Waals surface area contributed by atoms with Crippen LogP contribution in [0.15, 0.2) is 0 Å². The van der Waals surface area contributed by atoms with Crippen LogP contribution >= 0.6 is 0 Å². The highest BCUT2D eigenvalue weighted by atomic mass is 16.1. The minimum Gasteiger partial charge on any atom is -0.353 e. The largest absolute Gasteiger partial charge is 0.353 e. The molecular formula is C14H28N2O. The summed E-state index contributed by atoms with van der Waals surface area (Å²) in [4.78, 5) is 11.7. The maximum absolute atomic E-state index is 11.7.